The van der Waals surface area contributed by atoms with Crippen LogP contribution in [0.1, 0.15) is 35.6 Å². The second-order valence-electron chi connectivity index (χ2n) is 8.93. The van der Waals surface area contributed by atoms with E-state index in [0.29, 0.717) is 33.8 Å². The first-order chi connectivity index (χ1) is 17.7. The third kappa shape index (κ3) is 8.13. The number of aryl methyl sites for hydroxylation is 2. The Morgan fingerprint density at radius 1 is 0.919 bits per heavy atom. The summed E-state index contributed by atoms with van der Waals surface area (Å²) in [5.41, 5.74) is 3.41. The molecule has 3 aromatic rings. The third-order valence-corrected chi connectivity index (χ3v) is 7.26. The molecule has 0 aliphatic heterocycles. The molecule has 3 rings (SSSR count). The van der Waals surface area contributed by atoms with Crippen LogP contribution in [0.25, 0.3) is 0 Å². The molecule has 196 valence electrons. The maximum Gasteiger partial charge on any atom is 0.261 e. The van der Waals surface area contributed by atoms with Gasteiger partial charge in [0, 0.05) is 24.5 Å². The van der Waals surface area contributed by atoms with Crippen molar-refractivity contribution in [1.29, 1.82) is 0 Å². The van der Waals surface area contributed by atoms with Gasteiger partial charge in [-0.3, -0.25) is 9.59 Å². The summed E-state index contributed by atoms with van der Waals surface area (Å²) in [7, 11) is 0. The van der Waals surface area contributed by atoms with Crippen molar-refractivity contribution >= 4 is 46.6 Å². The number of benzene rings is 3. The van der Waals surface area contributed by atoms with Gasteiger partial charge < -0.3 is 15.0 Å². The second-order valence-corrected chi connectivity index (χ2v) is 10.1. The molecule has 1 unspecified atom stereocenters. The number of nitrogens with zero attached hydrogens (tertiary/aromatic N) is 1. The Morgan fingerprint density at radius 3 is 2.22 bits per heavy atom. The summed E-state index contributed by atoms with van der Waals surface area (Å²) in [6.07, 6.45) is 1.13. The van der Waals surface area contributed by atoms with Gasteiger partial charge in [-0.05, 0) is 66.8 Å². The van der Waals surface area contributed by atoms with Crippen LogP contribution in [-0.4, -0.2) is 35.9 Å². The van der Waals surface area contributed by atoms with E-state index in [9.17, 15) is 9.59 Å². The van der Waals surface area contributed by atoms with E-state index < -0.39 is 6.04 Å². The summed E-state index contributed by atoms with van der Waals surface area (Å²) in [6, 6.07) is 17.6. The van der Waals surface area contributed by atoms with Crippen LogP contribution in [0, 0.1) is 13.8 Å². The monoisotopic (exact) mass is 560 g/mol. The fourth-order valence-corrected chi connectivity index (χ4v) is 4.40. The predicted molar refractivity (Wildman–Crippen MR) is 151 cm³/mol. The van der Waals surface area contributed by atoms with Crippen LogP contribution in [0.3, 0.4) is 0 Å². The summed E-state index contributed by atoms with van der Waals surface area (Å²) < 4.78 is 5.88. The number of ether oxygens (including phenoxy) is 1. The molecule has 2 amide bonds. The van der Waals surface area contributed by atoms with Gasteiger partial charge in [0.1, 0.15) is 11.8 Å². The van der Waals surface area contributed by atoms with Crippen LogP contribution < -0.4 is 10.1 Å². The highest BCUT2D eigenvalue weighted by Crippen LogP contribution is 2.27. The molecule has 0 saturated heterocycles. The van der Waals surface area contributed by atoms with Crippen molar-refractivity contribution in [1.82, 2.24) is 10.2 Å². The minimum Gasteiger partial charge on any atom is -0.484 e. The Labute approximate surface area is 233 Å². The zero-order valence-electron chi connectivity index (χ0n) is 21.2. The van der Waals surface area contributed by atoms with Crippen molar-refractivity contribution < 1.29 is 14.3 Å². The van der Waals surface area contributed by atoms with E-state index in [1.54, 1.807) is 35.2 Å². The van der Waals surface area contributed by atoms with E-state index in [1.807, 2.05) is 51.1 Å². The Hall–Kier alpha value is -2.73. The number of hydrogen-bond acceptors (Lipinski definition) is 3. The summed E-state index contributed by atoms with van der Waals surface area (Å²) >= 11 is 18.6. The molecular formula is C29H31Cl3N2O3. The quantitative estimate of drug-likeness (QED) is 0.280. The van der Waals surface area contributed by atoms with Crippen molar-refractivity contribution in [3.63, 3.8) is 0 Å². The lowest BCUT2D eigenvalue weighted by molar-refractivity contribution is -0.142. The van der Waals surface area contributed by atoms with Gasteiger partial charge in [-0.2, -0.15) is 0 Å². The standard InChI is InChI=1S/C29H31Cl3N2O3/c1-4-12-33-29(36)26(16-21-8-6-5-7-9-21)34(17-22-10-11-24(30)25(31)15-22)27(35)18-37-23-13-19(2)28(32)20(3)14-23/h5-11,13-15,26H,4,12,16-18H2,1-3H3,(H,33,36). The lowest BCUT2D eigenvalue weighted by Gasteiger charge is -2.31. The van der Waals surface area contributed by atoms with Gasteiger partial charge in [-0.1, -0.05) is 78.1 Å². The zero-order chi connectivity index (χ0) is 26.9. The number of rotatable bonds is 11. The van der Waals surface area contributed by atoms with Crippen molar-refractivity contribution in [2.24, 2.45) is 0 Å². The summed E-state index contributed by atoms with van der Waals surface area (Å²) in [6.45, 7) is 6.18. The number of carbonyl (C=O) groups excluding carboxylic acids is 2. The van der Waals surface area contributed by atoms with Crippen molar-refractivity contribution in [3.05, 3.63) is 98.0 Å². The van der Waals surface area contributed by atoms with Gasteiger partial charge in [0.2, 0.25) is 5.91 Å². The molecule has 37 heavy (non-hydrogen) atoms. The maximum atomic E-state index is 13.7. The van der Waals surface area contributed by atoms with E-state index in [-0.39, 0.29) is 25.0 Å². The first-order valence-corrected chi connectivity index (χ1v) is 13.3. The highest BCUT2D eigenvalue weighted by Gasteiger charge is 2.30. The van der Waals surface area contributed by atoms with Crippen LogP contribution >= 0.6 is 34.8 Å². The fourth-order valence-electron chi connectivity index (χ4n) is 3.97. The van der Waals surface area contributed by atoms with E-state index in [2.05, 4.69) is 5.32 Å². The molecule has 0 heterocycles. The number of hydrogen-bond donors (Lipinski definition) is 1. The Balaban J connectivity index is 1.93. The lowest BCUT2D eigenvalue weighted by Crippen LogP contribution is -2.51. The summed E-state index contributed by atoms with van der Waals surface area (Å²) in [5, 5.41) is 4.41. The van der Waals surface area contributed by atoms with Gasteiger partial charge in [0.25, 0.3) is 5.91 Å². The minimum absolute atomic E-state index is 0.162. The molecule has 8 heteroatoms. The van der Waals surface area contributed by atoms with Crippen molar-refractivity contribution in [2.75, 3.05) is 13.2 Å². The largest absolute Gasteiger partial charge is 0.484 e. The van der Waals surface area contributed by atoms with E-state index in [1.165, 1.54) is 0 Å². The number of halogens is 3. The topological polar surface area (TPSA) is 58.6 Å². The van der Waals surface area contributed by atoms with E-state index in [4.69, 9.17) is 39.5 Å². The van der Waals surface area contributed by atoms with E-state index >= 15 is 0 Å². The average molecular weight is 562 g/mol. The molecule has 0 aromatic heterocycles. The Kier molecular flexibility index (Phi) is 10.7. The molecule has 0 aliphatic carbocycles. The number of amides is 2. The molecular weight excluding hydrogens is 531 g/mol. The van der Waals surface area contributed by atoms with Gasteiger partial charge in [0.15, 0.2) is 6.61 Å². The predicted octanol–water partition coefficient (Wildman–Crippen LogP) is 6.81. The molecule has 0 aliphatic rings. The molecule has 1 N–H and O–H groups in total. The first-order valence-electron chi connectivity index (χ1n) is 12.1. The lowest BCUT2D eigenvalue weighted by atomic mass is 10.0. The first kappa shape index (κ1) is 28.8. The van der Waals surface area contributed by atoms with Crippen molar-refractivity contribution in [2.45, 2.75) is 46.2 Å². The zero-order valence-corrected chi connectivity index (χ0v) is 23.5. The fraction of sp³-hybridized carbons (Fsp3) is 0.310. The number of carbonyl (C=O) groups is 2. The van der Waals surface area contributed by atoms with Gasteiger partial charge in [-0.25, -0.2) is 0 Å². The molecule has 0 fully saturated rings. The smallest absolute Gasteiger partial charge is 0.261 e. The van der Waals surface area contributed by atoms with Crippen LogP contribution in [0.15, 0.2) is 60.7 Å². The van der Waals surface area contributed by atoms with Crippen molar-refractivity contribution in [3.8, 4) is 5.75 Å². The van der Waals surface area contributed by atoms with Crippen LogP contribution in [-0.2, 0) is 22.6 Å². The molecule has 3 aromatic carbocycles. The van der Waals surface area contributed by atoms with Gasteiger partial charge >= 0.3 is 0 Å². The molecule has 0 radical (unpaired) electrons. The highest BCUT2D eigenvalue weighted by molar-refractivity contribution is 6.42. The Morgan fingerprint density at radius 2 is 1.59 bits per heavy atom. The molecule has 0 bridgehead atoms. The summed E-state index contributed by atoms with van der Waals surface area (Å²) in [5.74, 6) is -0.0153. The van der Waals surface area contributed by atoms with Crippen LogP contribution in [0.4, 0.5) is 0 Å². The second kappa shape index (κ2) is 13.7. The minimum atomic E-state index is -0.756. The molecule has 1 atom stereocenters. The Bertz CT molecular complexity index is 1210. The van der Waals surface area contributed by atoms with Gasteiger partial charge in [-0.15, -0.1) is 0 Å². The average Bonchev–Trinajstić information content (AvgIpc) is 2.89. The molecule has 0 spiro atoms. The summed E-state index contributed by atoms with van der Waals surface area (Å²) in [4.78, 5) is 28.6. The normalized spacial score (nSPS) is 11.6. The third-order valence-electron chi connectivity index (χ3n) is 5.93. The number of nitrogens with one attached hydrogen (secondary N) is 1. The SMILES string of the molecule is CCCNC(=O)C(Cc1ccccc1)N(Cc1ccc(Cl)c(Cl)c1)C(=O)COc1cc(C)c(Cl)c(C)c1. The van der Waals surface area contributed by atoms with Gasteiger partial charge in [0.05, 0.1) is 10.0 Å². The van der Waals surface area contributed by atoms with E-state index in [0.717, 1.165) is 28.7 Å². The maximum absolute atomic E-state index is 13.7. The molecule has 0 saturated carbocycles. The highest BCUT2D eigenvalue weighted by atomic mass is 35.5. The van der Waals surface area contributed by atoms with Crippen LogP contribution in [0.5, 0.6) is 5.75 Å². The molecule has 5 nitrogen and oxygen atoms in total. The van der Waals surface area contributed by atoms with Crippen LogP contribution in [0.2, 0.25) is 15.1 Å².